The summed E-state index contributed by atoms with van der Waals surface area (Å²) in [5.74, 6) is 5.16. The molecule has 0 aliphatic carbocycles. The highest BCUT2D eigenvalue weighted by Crippen LogP contribution is 1.94. The third kappa shape index (κ3) is 1.38. The van der Waals surface area contributed by atoms with Crippen LogP contribution in [0, 0.1) is 0 Å². The van der Waals surface area contributed by atoms with Gasteiger partial charge in [0.05, 0.1) is 6.61 Å². The van der Waals surface area contributed by atoms with Crippen molar-refractivity contribution in [2.45, 2.75) is 6.35 Å². The summed E-state index contributed by atoms with van der Waals surface area (Å²) in [7, 11) is 0. The van der Waals surface area contributed by atoms with Gasteiger partial charge in [-0.2, -0.15) is 0 Å². The SMILES string of the molecule is NN(C=O)C1NCCO1. The number of nitrogens with one attached hydrogen (secondary N) is 1. The van der Waals surface area contributed by atoms with E-state index >= 15 is 0 Å². The number of nitrogens with two attached hydrogens (primary N) is 1. The number of carbonyl (C=O) groups is 1. The van der Waals surface area contributed by atoms with Crippen LogP contribution in [0.4, 0.5) is 0 Å². The Morgan fingerprint density at radius 3 is 3.11 bits per heavy atom. The van der Waals surface area contributed by atoms with Gasteiger partial charge in [-0.15, -0.1) is 0 Å². The van der Waals surface area contributed by atoms with Crippen LogP contribution in [0.1, 0.15) is 0 Å². The number of nitrogens with zero attached hydrogens (tertiary/aromatic N) is 1. The molecule has 1 atom stereocenters. The van der Waals surface area contributed by atoms with Crippen molar-refractivity contribution in [2.75, 3.05) is 13.2 Å². The topological polar surface area (TPSA) is 67.6 Å². The average molecular weight is 131 g/mol. The van der Waals surface area contributed by atoms with Crippen LogP contribution in [-0.2, 0) is 9.53 Å². The maximum Gasteiger partial charge on any atom is 0.227 e. The minimum Gasteiger partial charge on any atom is -0.342 e. The van der Waals surface area contributed by atoms with Crippen LogP contribution < -0.4 is 11.2 Å². The molecule has 0 bridgehead atoms. The van der Waals surface area contributed by atoms with Crippen LogP contribution in [0.15, 0.2) is 0 Å². The van der Waals surface area contributed by atoms with E-state index in [9.17, 15) is 4.79 Å². The molecular formula is C4H9N3O2. The number of hydrogen-bond donors (Lipinski definition) is 2. The Labute approximate surface area is 52.7 Å². The molecule has 1 aliphatic rings. The van der Waals surface area contributed by atoms with E-state index in [1.165, 1.54) is 0 Å². The third-order valence-electron chi connectivity index (χ3n) is 1.09. The molecule has 1 heterocycles. The zero-order chi connectivity index (χ0) is 6.69. The van der Waals surface area contributed by atoms with Crippen molar-refractivity contribution < 1.29 is 9.53 Å². The molecule has 5 heteroatoms. The highest BCUT2D eigenvalue weighted by atomic mass is 16.5. The van der Waals surface area contributed by atoms with Gasteiger partial charge < -0.3 is 4.74 Å². The van der Waals surface area contributed by atoms with E-state index in [1.807, 2.05) is 0 Å². The Balaban J connectivity index is 2.32. The minimum absolute atomic E-state index is 0.428. The number of ether oxygens (including phenoxy) is 1. The van der Waals surface area contributed by atoms with Gasteiger partial charge in [-0.05, 0) is 0 Å². The molecule has 0 aromatic rings. The van der Waals surface area contributed by atoms with E-state index in [1.54, 1.807) is 0 Å². The summed E-state index contributed by atoms with van der Waals surface area (Å²) in [6.45, 7) is 1.35. The Morgan fingerprint density at radius 2 is 2.67 bits per heavy atom. The van der Waals surface area contributed by atoms with Gasteiger partial charge in [-0.25, -0.2) is 10.9 Å². The average Bonchev–Trinajstić information content (AvgIpc) is 2.37. The summed E-state index contributed by atoms with van der Waals surface area (Å²) >= 11 is 0. The number of hydrazine groups is 1. The van der Waals surface area contributed by atoms with Gasteiger partial charge in [0.15, 0.2) is 0 Å². The number of amides is 1. The minimum atomic E-state index is -0.428. The van der Waals surface area contributed by atoms with E-state index in [2.05, 4.69) is 5.32 Å². The first kappa shape index (κ1) is 6.47. The third-order valence-corrected chi connectivity index (χ3v) is 1.09. The van der Waals surface area contributed by atoms with Gasteiger partial charge in [0.2, 0.25) is 12.8 Å². The van der Waals surface area contributed by atoms with Crippen molar-refractivity contribution in [2.24, 2.45) is 5.84 Å². The first-order valence-electron chi connectivity index (χ1n) is 2.68. The molecule has 0 radical (unpaired) electrons. The van der Waals surface area contributed by atoms with E-state index in [4.69, 9.17) is 10.6 Å². The number of hydrogen-bond acceptors (Lipinski definition) is 4. The van der Waals surface area contributed by atoms with Crippen molar-refractivity contribution in [3.05, 3.63) is 0 Å². The Kier molecular flexibility index (Phi) is 1.99. The number of carbonyl (C=O) groups excluding carboxylic acids is 1. The molecule has 1 unspecified atom stereocenters. The number of rotatable bonds is 2. The highest BCUT2D eigenvalue weighted by Gasteiger charge is 2.17. The molecule has 5 nitrogen and oxygen atoms in total. The second-order valence-electron chi connectivity index (χ2n) is 1.73. The van der Waals surface area contributed by atoms with E-state index in [0.29, 0.717) is 13.0 Å². The summed E-state index contributed by atoms with van der Waals surface area (Å²) < 4.78 is 4.96. The summed E-state index contributed by atoms with van der Waals surface area (Å²) in [5.41, 5.74) is 0. The molecule has 0 spiro atoms. The lowest BCUT2D eigenvalue weighted by molar-refractivity contribution is -0.130. The van der Waals surface area contributed by atoms with Gasteiger partial charge in [0, 0.05) is 6.54 Å². The van der Waals surface area contributed by atoms with Gasteiger partial charge in [-0.1, -0.05) is 0 Å². The normalized spacial score (nSPS) is 26.1. The van der Waals surface area contributed by atoms with Crippen LogP contribution >= 0.6 is 0 Å². The standard InChI is InChI=1S/C4H9N3O2/c5-7(3-8)4-6-1-2-9-4/h3-4,6H,1-2,5H2. The molecule has 0 aromatic carbocycles. The van der Waals surface area contributed by atoms with E-state index in [-0.39, 0.29) is 0 Å². The molecule has 1 aliphatic heterocycles. The van der Waals surface area contributed by atoms with Crippen molar-refractivity contribution >= 4 is 6.41 Å². The summed E-state index contributed by atoms with van der Waals surface area (Å²) in [4.78, 5) is 9.97. The molecule has 0 saturated carbocycles. The maximum absolute atomic E-state index is 9.97. The first-order valence-corrected chi connectivity index (χ1v) is 2.68. The van der Waals surface area contributed by atoms with Gasteiger partial charge >= 0.3 is 0 Å². The smallest absolute Gasteiger partial charge is 0.227 e. The largest absolute Gasteiger partial charge is 0.342 e. The van der Waals surface area contributed by atoms with E-state index in [0.717, 1.165) is 11.6 Å². The van der Waals surface area contributed by atoms with Crippen LogP contribution in [0.25, 0.3) is 0 Å². The predicted octanol–water partition coefficient (Wildman–Crippen LogP) is -1.78. The lowest BCUT2D eigenvalue weighted by atomic mass is 10.7. The molecule has 52 valence electrons. The van der Waals surface area contributed by atoms with Crippen LogP contribution in [-0.4, -0.2) is 30.9 Å². The molecule has 0 aromatic heterocycles. The summed E-state index contributed by atoms with van der Waals surface area (Å²) in [6.07, 6.45) is 0.0886. The monoisotopic (exact) mass is 131 g/mol. The second kappa shape index (κ2) is 2.77. The lowest BCUT2D eigenvalue weighted by Crippen LogP contribution is -2.46. The maximum atomic E-state index is 9.97. The highest BCUT2D eigenvalue weighted by molar-refractivity contribution is 5.45. The predicted molar refractivity (Wildman–Crippen MR) is 29.8 cm³/mol. The van der Waals surface area contributed by atoms with Crippen molar-refractivity contribution in [1.29, 1.82) is 0 Å². The van der Waals surface area contributed by atoms with E-state index < -0.39 is 6.35 Å². The van der Waals surface area contributed by atoms with Gasteiger partial charge in [0.1, 0.15) is 0 Å². The molecule has 9 heavy (non-hydrogen) atoms. The van der Waals surface area contributed by atoms with Crippen molar-refractivity contribution in [3.8, 4) is 0 Å². The van der Waals surface area contributed by atoms with Crippen LogP contribution in [0.2, 0.25) is 0 Å². The zero-order valence-corrected chi connectivity index (χ0v) is 4.91. The molecule has 1 amide bonds. The Morgan fingerprint density at radius 1 is 1.89 bits per heavy atom. The fourth-order valence-corrected chi connectivity index (χ4v) is 0.659. The Hall–Kier alpha value is -0.650. The summed E-state index contributed by atoms with van der Waals surface area (Å²) in [6, 6.07) is 0. The molecule has 3 N–H and O–H groups in total. The lowest BCUT2D eigenvalue weighted by Gasteiger charge is -2.16. The fourth-order valence-electron chi connectivity index (χ4n) is 0.659. The van der Waals surface area contributed by atoms with Gasteiger partial charge in [-0.3, -0.25) is 10.1 Å². The van der Waals surface area contributed by atoms with Crippen molar-refractivity contribution in [1.82, 2.24) is 10.3 Å². The second-order valence-corrected chi connectivity index (χ2v) is 1.73. The summed E-state index contributed by atoms with van der Waals surface area (Å²) in [5, 5.41) is 3.81. The molecule has 1 rings (SSSR count). The van der Waals surface area contributed by atoms with Crippen molar-refractivity contribution in [3.63, 3.8) is 0 Å². The quantitative estimate of drug-likeness (QED) is 0.201. The zero-order valence-electron chi connectivity index (χ0n) is 4.91. The first-order chi connectivity index (χ1) is 4.34. The molecule has 1 saturated heterocycles. The van der Waals surface area contributed by atoms with Crippen LogP contribution in [0.3, 0.4) is 0 Å². The van der Waals surface area contributed by atoms with Crippen LogP contribution in [0.5, 0.6) is 0 Å². The Bertz CT molecular complexity index is 102. The molecule has 1 fully saturated rings. The molecular weight excluding hydrogens is 122 g/mol. The fraction of sp³-hybridized carbons (Fsp3) is 0.750. The van der Waals surface area contributed by atoms with Gasteiger partial charge in [0.25, 0.3) is 0 Å².